The van der Waals surface area contributed by atoms with Gasteiger partial charge in [0.15, 0.2) is 6.10 Å². The van der Waals surface area contributed by atoms with E-state index < -0.39 is 6.10 Å². The fourth-order valence-corrected chi connectivity index (χ4v) is 6.88. The van der Waals surface area contributed by atoms with E-state index in [-0.39, 0.29) is 37.5 Å². The minimum Gasteiger partial charge on any atom is -0.462 e. The second-order valence-electron chi connectivity index (χ2n) is 16.7. The number of carbonyl (C=O) groups excluding carboxylic acids is 3. The first kappa shape index (κ1) is 58.6. The molecule has 62 heavy (non-hydrogen) atoms. The van der Waals surface area contributed by atoms with Gasteiger partial charge in [0.05, 0.1) is 0 Å². The van der Waals surface area contributed by atoms with Crippen LogP contribution in [0.25, 0.3) is 0 Å². The Hall–Kier alpha value is -3.41. The van der Waals surface area contributed by atoms with Crippen molar-refractivity contribution in [1.82, 2.24) is 0 Å². The van der Waals surface area contributed by atoms with Crippen LogP contribution < -0.4 is 0 Å². The molecule has 0 aromatic heterocycles. The van der Waals surface area contributed by atoms with Crippen LogP contribution in [0, 0.1) is 0 Å². The molecule has 1 atom stereocenters. The van der Waals surface area contributed by atoms with E-state index in [1.54, 1.807) is 0 Å². The number of allylic oxidation sites excluding steroid dienone is 14. The van der Waals surface area contributed by atoms with Gasteiger partial charge in [-0.1, -0.05) is 221 Å². The first-order valence-electron chi connectivity index (χ1n) is 25.6. The summed E-state index contributed by atoms with van der Waals surface area (Å²) in [4.78, 5) is 37.9. The maximum Gasteiger partial charge on any atom is 0.306 e. The van der Waals surface area contributed by atoms with Crippen LogP contribution in [0.2, 0.25) is 0 Å². The first-order chi connectivity index (χ1) is 30.5. The van der Waals surface area contributed by atoms with Gasteiger partial charge in [0.2, 0.25) is 0 Å². The number of ether oxygens (including phenoxy) is 3. The van der Waals surface area contributed by atoms with Gasteiger partial charge in [0.25, 0.3) is 0 Å². The molecule has 0 radical (unpaired) electrons. The Morgan fingerprint density at radius 2 is 0.661 bits per heavy atom. The van der Waals surface area contributed by atoms with Crippen LogP contribution in [0.15, 0.2) is 85.1 Å². The molecule has 0 spiro atoms. The van der Waals surface area contributed by atoms with E-state index in [1.807, 2.05) is 6.08 Å². The lowest BCUT2D eigenvalue weighted by molar-refractivity contribution is -0.166. The summed E-state index contributed by atoms with van der Waals surface area (Å²) in [6.45, 7) is 6.35. The third-order valence-electron chi connectivity index (χ3n) is 10.7. The van der Waals surface area contributed by atoms with Crippen molar-refractivity contribution in [1.29, 1.82) is 0 Å². The lowest BCUT2D eigenvalue weighted by atomic mass is 10.0. The summed E-state index contributed by atoms with van der Waals surface area (Å²) < 4.78 is 16.7. The van der Waals surface area contributed by atoms with Crippen molar-refractivity contribution in [3.63, 3.8) is 0 Å². The van der Waals surface area contributed by atoms with E-state index in [0.717, 1.165) is 89.9 Å². The molecule has 0 aliphatic heterocycles. The third kappa shape index (κ3) is 47.6. The summed E-state index contributed by atoms with van der Waals surface area (Å²) in [6, 6.07) is 0. The van der Waals surface area contributed by atoms with E-state index in [0.29, 0.717) is 19.3 Å². The Kier molecular flexibility index (Phi) is 47.5. The Morgan fingerprint density at radius 1 is 0.339 bits per heavy atom. The fourth-order valence-electron chi connectivity index (χ4n) is 6.88. The zero-order chi connectivity index (χ0) is 45.1. The van der Waals surface area contributed by atoms with Crippen LogP contribution in [0.1, 0.15) is 233 Å². The van der Waals surface area contributed by atoms with Crippen LogP contribution in [0.4, 0.5) is 0 Å². The lowest BCUT2D eigenvalue weighted by Crippen LogP contribution is -2.30. The Morgan fingerprint density at radius 3 is 1.08 bits per heavy atom. The molecule has 0 heterocycles. The van der Waals surface area contributed by atoms with Gasteiger partial charge in [-0.15, -0.1) is 0 Å². The number of rotatable bonds is 45. The highest BCUT2D eigenvalue weighted by molar-refractivity contribution is 5.71. The number of carbonyl (C=O) groups is 3. The average Bonchev–Trinajstić information content (AvgIpc) is 3.27. The molecule has 0 rings (SSSR count). The Bertz CT molecular complexity index is 1220. The van der Waals surface area contributed by atoms with Gasteiger partial charge < -0.3 is 14.2 Å². The number of esters is 3. The molecule has 0 fully saturated rings. The molecule has 0 saturated carbocycles. The summed E-state index contributed by atoms with van der Waals surface area (Å²) in [6.07, 6.45) is 64.3. The molecule has 0 aromatic rings. The molecule has 354 valence electrons. The predicted molar refractivity (Wildman–Crippen MR) is 265 cm³/mol. The van der Waals surface area contributed by atoms with Crippen LogP contribution >= 0.6 is 0 Å². The SMILES string of the molecule is CC/C=C\C/C=C\C/C=C\C/C=C\C/C=C\CCC(=O)OCC(COC(=O)CCCCCCCCCCCCCCCC)OC(=O)CCCCCCCCC/C=C\C/C=C\CC. The van der Waals surface area contributed by atoms with Crippen molar-refractivity contribution < 1.29 is 28.6 Å². The highest BCUT2D eigenvalue weighted by Gasteiger charge is 2.19. The highest BCUT2D eigenvalue weighted by atomic mass is 16.6. The van der Waals surface area contributed by atoms with Crippen molar-refractivity contribution >= 4 is 17.9 Å². The summed E-state index contributed by atoms with van der Waals surface area (Å²) >= 11 is 0. The van der Waals surface area contributed by atoms with Crippen molar-refractivity contribution in [3.8, 4) is 0 Å². The normalized spacial score (nSPS) is 12.8. The summed E-state index contributed by atoms with van der Waals surface area (Å²) in [5.74, 6) is -0.996. The smallest absolute Gasteiger partial charge is 0.306 e. The molecule has 0 aliphatic carbocycles. The maximum atomic E-state index is 12.8. The van der Waals surface area contributed by atoms with Gasteiger partial charge in [-0.2, -0.15) is 0 Å². The molecule has 1 unspecified atom stereocenters. The van der Waals surface area contributed by atoms with Gasteiger partial charge in [0, 0.05) is 19.3 Å². The van der Waals surface area contributed by atoms with E-state index in [1.165, 1.54) is 96.3 Å². The molecule has 0 bridgehead atoms. The second-order valence-corrected chi connectivity index (χ2v) is 16.7. The topological polar surface area (TPSA) is 78.9 Å². The number of hydrogen-bond acceptors (Lipinski definition) is 6. The lowest BCUT2D eigenvalue weighted by Gasteiger charge is -2.18. The second kappa shape index (κ2) is 50.2. The fraction of sp³-hybridized carbons (Fsp3) is 0.696. The maximum absolute atomic E-state index is 12.8. The standard InChI is InChI=1S/C56H94O6/c1-4-7-10-13-16-19-22-25-28-29-32-34-37-40-43-46-49-55(58)61-52-53(62-56(59)50-47-44-41-38-35-31-27-24-21-18-15-12-9-6-3)51-60-54(57)48-45-42-39-36-33-30-26-23-20-17-14-11-8-5-2/h7,9-10,12,16,18-19,21,25,28,32,34,40,43,53H,4-6,8,11,13-15,17,20,22-24,26-27,29-31,33,35-39,41-42,44-52H2,1-3H3/b10-7-,12-9-,19-16-,21-18-,28-25-,34-32-,43-40-. The van der Waals surface area contributed by atoms with Crippen molar-refractivity contribution in [3.05, 3.63) is 85.1 Å². The van der Waals surface area contributed by atoms with Gasteiger partial charge in [0.1, 0.15) is 13.2 Å². The highest BCUT2D eigenvalue weighted by Crippen LogP contribution is 2.15. The van der Waals surface area contributed by atoms with E-state index in [4.69, 9.17) is 14.2 Å². The van der Waals surface area contributed by atoms with E-state index in [2.05, 4.69) is 99.8 Å². The molecule has 0 amide bonds. The van der Waals surface area contributed by atoms with Crippen LogP contribution in [-0.2, 0) is 28.6 Å². The Balaban J connectivity index is 4.49. The molecular formula is C56H94O6. The van der Waals surface area contributed by atoms with Gasteiger partial charge in [-0.25, -0.2) is 0 Å². The van der Waals surface area contributed by atoms with Gasteiger partial charge in [-0.05, 0) is 77.0 Å². The van der Waals surface area contributed by atoms with E-state index >= 15 is 0 Å². The largest absolute Gasteiger partial charge is 0.462 e. The molecule has 6 nitrogen and oxygen atoms in total. The van der Waals surface area contributed by atoms with Crippen molar-refractivity contribution in [2.75, 3.05) is 13.2 Å². The summed E-state index contributed by atoms with van der Waals surface area (Å²) in [5, 5.41) is 0. The molecule has 6 heteroatoms. The predicted octanol–water partition coefficient (Wildman–Crippen LogP) is 16.8. The van der Waals surface area contributed by atoms with Crippen LogP contribution in [-0.4, -0.2) is 37.2 Å². The zero-order valence-electron chi connectivity index (χ0n) is 40.4. The number of hydrogen-bond donors (Lipinski definition) is 0. The molecule has 0 aromatic carbocycles. The molecule has 0 aliphatic rings. The average molecular weight is 863 g/mol. The van der Waals surface area contributed by atoms with Crippen LogP contribution in [0.5, 0.6) is 0 Å². The van der Waals surface area contributed by atoms with Gasteiger partial charge >= 0.3 is 17.9 Å². The minimum atomic E-state index is -0.808. The van der Waals surface area contributed by atoms with Crippen molar-refractivity contribution in [2.24, 2.45) is 0 Å². The third-order valence-corrected chi connectivity index (χ3v) is 10.7. The van der Waals surface area contributed by atoms with Crippen molar-refractivity contribution in [2.45, 2.75) is 239 Å². The quantitative estimate of drug-likeness (QED) is 0.0263. The zero-order valence-corrected chi connectivity index (χ0v) is 40.4. The first-order valence-corrected chi connectivity index (χ1v) is 25.6. The number of unbranched alkanes of at least 4 members (excludes halogenated alkanes) is 20. The molecule has 0 N–H and O–H groups in total. The molecular weight excluding hydrogens is 769 g/mol. The Labute approximate surface area is 382 Å². The summed E-state index contributed by atoms with van der Waals surface area (Å²) in [7, 11) is 0. The molecule has 0 saturated heterocycles. The van der Waals surface area contributed by atoms with Gasteiger partial charge in [-0.3, -0.25) is 14.4 Å². The van der Waals surface area contributed by atoms with E-state index in [9.17, 15) is 14.4 Å². The van der Waals surface area contributed by atoms with Crippen LogP contribution in [0.3, 0.4) is 0 Å². The summed E-state index contributed by atoms with van der Waals surface area (Å²) in [5.41, 5.74) is 0. The minimum absolute atomic E-state index is 0.101. The monoisotopic (exact) mass is 863 g/mol.